The van der Waals surface area contributed by atoms with Crippen molar-refractivity contribution < 1.29 is 0 Å². The average Bonchev–Trinajstić information content (AvgIpc) is 2.33. The molecule has 2 N–H and O–H groups in total. The van der Waals surface area contributed by atoms with Gasteiger partial charge >= 0.3 is 0 Å². The van der Waals surface area contributed by atoms with Crippen molar-refractivity contribution in [3.05, 3.63) is 0 Å². The lowest BCUT2D eigenvalue weighted by atomic mass is 9.78. The predicted octanol–water partition coefficient (Wildman–Crippen LogP) is 2.15. The maximum absolute atomic E-state index is 5.24. The summed E-state index contributed by atoms with van der Waals surface area (Å²) in [6.45, 7) is 6.88. The summed E-state index contributed by atoms with van der Waals surface area (Å²) >= 11 is 0. The molecule has 0 bridgehead atoms. The SMILES string of the molecule is CC(C)C1(C)CC/C(=N/N)C1. The molecule has 0 aromatic carbocycles. The van der Waals surface area contributed by atoms with Crippen LogP contribution in [0.2, 0.25) is 0 Å². The second-order valence-corrected chi connectivity index (χ2v) is 4.18. The van der Waals surface area contributed by atoms with E-state index in [4.69, 9.17) is 5.84 Å². The van der Waals surface area contributed by atoms with Crippen LogP contribution < -0.4 is 5.84 Å². The van der Waals surface area contributed by atoms with E-state index in [1.54, 1.807) is 0 Å². The molecule has 0 spiro atoms. The van der Waals surface area contributed by atoms with Crippen LogP contribution in [0.25, 0.3) is 0 Å². The monoisotopic (exact) mass is 154 g/mol. The maximum atomic E-state index is 5.24. The fraction of sp³-hybridized carbons (Fsp3) is 0.889. The fourth-order valence-corrected chi connectivity index (χ4v) is 1.68. The topological polar surface area (TPSA) is 38.4 Å². The molecule has 2 heteroatoms. The Bertz CT molecular complexity index is 172. The minimum atomic E-state index is 0.457. The normalized spacial score (nSPS) is 35.5. The van der Waals surface area contributed by atoms with E-state index in [-0.39, 0.29) is 0 Å². The zero-order valence-electron chi connectivity index (χ0n) is 7.72. The van der Waals surface area contributed by atoms with E-state index < -0.39 is 0 Å². The zero-order chi connectivity index (χ0) is 8.48. The summed E-state index contributed by atoms with van der Waals surface area (Å²) in [5.74, 6) is 5.98. The first-order valence-corrected chi connectivity index (χ1v) is 4.34. The molecule has 0 aromatic heterocycles. The highest BCUT2D eigenvalue weighted by Crippen LogP contribution is 2.41. The van der Waals surface area contributed by atoms with Crippen molar-refractivity contribution in [1.82, 2.24) is 0 Å². The van der Waals surface area contributed by atoms with Crippen LogP contribution in [0.5, 0.6) is 0 Å². The highest BCUT2D eigenvalue weighted by atomic mass is 15.1. The Labute approximate surface area is 68.9 Å². The summed E-state index contributed by atoms with van der Waals surface area (Å²) in [4.78, 5) is 0. The van der Waals surface area contributed by atoms with Gasteiger partial charge in [0.15, 0.2) is 0 Å². The van der Waals surface area contributed by atoms with Gasteiger partial charge in [0.25, 0.3) is 0 Å². The molecule has 0 aliphatic heterocycles. The first-order chi connectivity index (χ1) is 5.08. The van der Waals surface area contributed by atoms with Gasteiger partial charge in [0.2, 0.25) is 0 Å². The summed E-state index contributed by atoms with van der Waals surface area (Å²) in [6.07, 6.45) is 3.45. The Morgan fingerprint density at radius 3 is 2.45 bits per heavy atom. The third kappa shape index (κ3) is 1.55. The predicted molar refractivity (Wildman–Crippen MR) is 48.4 cm³/mol. The summed E-state index contributed by atoms with van der Waals surface area (Å²) < 4.78 is 0. The number of rotatable bonds is 1. The van der Waals surface area contributed by atoms with E-state index in [9.17, 15) is 0 Å². The third-order valence-electron chi connectivity index (χ3n) is 3.17. The van der Waals surface area contributed by atoms with Crippen LogP contribution in [0.3, 0.4) is 0 Å². The van der Waals surface area contributed by atoms with E-state index in [2.05, 4.69) is 25.9 Å². The summed E-state index contributed by atoms with van der Waals surface area (Å²) in [5, 5.41) is 3.78. The van der Waals surface area contributed by atoms with Gasteiger partial charge in [0.1, 0.15) is 0 Å². The molecule has 1 aliphatic rings. The van der Waals surface area contributed by atoms with Gasteiger partial charge in [0.05, 0.1) is 0 Å². The molecule has 0 heterocycles. The molecule has 1 atom stereocenters. The molecule has 1 unspecified atom stereocenters. The van der Waals surface area contributed by atoms with Gasteiger partial charge in [0, 0.05) is 5.71 Å². The summed E-state index contributed by atoms with van der Waals surface area (Å²) in [7, 11) is 0. The number of hydrogen-bond acceptors (Lipinski definition) is 2. The lowest BCUT2D eigenvalue weighted by molar-refractivity contribution is 0.235. The molecule has 1 fully saturated rings. The van der Waals surface area contributed by atoms with Crippen LogP contribution in [0, 0.1) is 11.3 Å². The van der Waals surface area contributed by atoms with Crippen molar-refractivity contribution in [3.63, 3.8) is 0 Å². The molecule has 0 radical (unpaired) electrons. The van der Waals surface area contributed by atoms with Crippen molar-refractivity contribution in [3.8, 4) is 0 Å². The molecule has 2 nitrogen and oxygen atoms in total. The Kier molecular flexibility index (Phi) is 2.21. The van der Waals surface area contributed by atoms with Gasteiger partial charge in [-0.2, -0.15) is 5.10 Å². The second-order valence-electron chi connectivity index (χ2n) is 4.18. The van der Waals surface area contributed by atoms with E-state index >= 15 is 0 Å². The van der Waals surface area contributed by atoms with Crippen molar-refractivity contribution in [2.45, 2.75) is 40.0 Å². The maximum Gasteiger partial charge on any atom is 0.0381 e. The van der Waals surface area contributed by atoms with Gasteiger partial charge in [-0.1, -0.05) is 20.8 Å². The van der Waals surface area contributed by atoms with Gasteiger partial charge in [-0.15, -0.1) is 0 Å². The molecule has 0 saturated heterocycles. The van der Waals surface area contributed by atoms with Crippen LogP contribution >= 0.6 is 0 Å². The Morgan fingerprint density at radius 1 is 1.55 bits per heavy atom. The number of nitrogens with zero attached hydrogens (tertiary/aromatic N) is 1. The Morgan fingerprint density at radius 2 is 2.18 bits per heavy atom. The highest BCUT2D eigenvalue weighted by molar-refractivity contribution is 5.86. The quantitative estimate of drug-likeness (QED) is 0.456. The summed E-state index contributed by atoms with van der Waals surface area (Å²) in [5.41, 5.74) is 1.65. The molecule has 64 valence electrons. The molecule has 11 heavy (non-hydrogen) atoms. The highest BCUT2D eigenvalue weighted by Gasteiger charge is 2.35. The average molecular weight is 154 g/mol. The molecular weight excluding hydrogens is 136 g/mol. The van der Waals surface area contributed by atoms with Crippen molar-refractivity contribution >= 4 is 5.71 Å². The minimum Gasteiger partial charge on any atom is -0.323 e. The van der Waals surface area contributed by atoms with Crippen LogP contribution in [0.4, 0.5) is 0 Å². The van der Waals surface area contributed by atoms with Crippen LogP contribution in [-0.4, -0.2) is 5.71 Å². The van der Waals surface area contributed by atoms with E-state index in [0.717, 1.165) is 18.8 Å². The first kappa shape index (κ1) is 8.57. The third-order valence-corrected chi connectivity index (χ3v) is 3.17. The van der Waals surface area contributed by atoms with Crippen molar-refractivity contribution in [1.29, 1.82) is 0 Å². The number of hydrogen-bond donors (Lipinski definition) is 1. The van der Waals surface area contributed by atoms with Crippen LogP contribution in [0.15, 0.2) is 5.10 Å². The number of nitrogens with two attached hydrogens (primary N) is 1. The Balaban J connectivity index is 2.65. The molecule has 1 aliphatic carbocycles. The van der Waals surface area contributed by atoms with Gasteiger partial charge in [-0.3, -0.25) is 0 Å². The number of hydrazone groups is 1. The van der Waals surface area contributed by atoms with Crippen LogP contribution in [-0.2, 0) is 0 Å². The van der Waals surface area contributed by atoms with Crippen molar-refractivity contribution in [2.24, 2.45) is 22.3 Å². The van der Waals surface area contributed by atoms with Gasteiger partial charge in [-0.05, 0) is 30.6 Å². The van der Waals surface area contributed by atoms with Gasteiger partial charge < -0.3 is 5.84 Å². The molecule has 1 saturated carbocycles. The van der Waals surface area contributed by atoms with E-state index in [1.807, 2.05) is 0 Å². The van der Waals surface area contributed by atoms with Gasteiger partial charge in [-0.25, -0.2) is 0 Å². The second kappa shape index (κ2) is 2.84. The fourth-order valence-electron chi connectivity index (χ4n) is 1.68. The lowest BCUT2D eigenvalue weighted by Crippen LogP contribution is -2.19. The molecule has 0 aromatic rings. The molecule has 1 rings (SSSR count). The van der Waals surface area contributed by atoms with E-state index in [1.165, 1.54) is 12.1 Å². The van der Waals surface area contributed by atoms with Crippen molar-refractivity contribution in [2.75, 3.05) is 0 Å². The molecule has 0 amide bonds. The first-order valence-electron chi connectivity index (χ1n) is 4.34. The Hall–Kier alpha value is -0.530. The summed E-state index contributed by atoms with van der Waals surface area (Å²) in [6, 6.07) is 0. The largest absolute Gasteiger partial charge is 0.323 e. The standard InChI is InChI=1S/C9H18N2/c1-7(2)9(3)5-4-8(6-9)11-10/h7H,4-6,10H2,1-3H3/b11-8-. The van der Waals surface area contributed by atoms with Crippen LogP contribution in [0.1, 0.15) is 40.0 Å². The lowest BCUT2D eigenvalue weighted by Gasteiger charge is -2.27. The minimum absolute atomic E-state index is 0.457. The zero-order valence-corrected chi connectivity index (χ0v) is 7.72. The molecular formula is C9H18N2. The smallest absolute Gasteiger partial charge is 0.0381 e. The van der Waals surface area contributed by atoms with E-state index in [0.29, 0.717) is 5.41 Å².